The first-order valence-corrected chi connectivity index (χ1v) is 8.00. The van der Waals surface area contributed by atoms with Crippen molar-refractivity contribution in [2.45, 2.75) is 89.3 Å². The highest BCUT2D eigenvalue weighted by Gasteiger charge is 2.43. The standard InChI is InChI=1S/C16H29NO/c1-15(2)8-4-3-6-14(15)17-13-7-11-18-16(12-13)9-5-10-16/h13-14,17H,3-12H2,1-2H3. The predicted molar refractivity (Wildman–Crippen MR) is 74.7 cm³/mol. The molecule has 0 radical (unpaired) electrons. The molecule has 2 saturated carbocycles. The quantitative estimate of drug-likeness (QED) is 0.809. The summed E-state index contributed by atoms with van der Waals surface area (Å²) >= 11 is 0. The average Bonchev–Trinajstić information content (AvgIpc) is 2.30. The van der Waals surface area contributed by atoms with E-state index in [4.69, 9.17) is 4.74 Å². The monoisotopic (exact) mass is 251 g/mol. The zero-order chi connectivity index (χ0) is 12.6. The van der Waals surface area contributed by atoms with Crippen LogP contribution in [0.5, 0.6) is 0 Å². The lowest BCUT2D eigenvalue weighted by Gasteiger charge is -2.49. The molecule has 1 N–H and O–H groups in total. The van der Waals surface area contributed by atoms with Gasteiger partial charge in [-0.05, 0) is 50.4 Å². The van der Waals surface area contributed by atoms with E-state index in [1.165, 1.54) is 57.8 Å². The molecule has 2 nitrogen and oxygen atoms in total. The van der Waals surface area contributed by atoms with Crippen LogP contribution in [0.4, 0.5) is 0 Å². The van der Waals surface area contributed by atoms with Gasteiger partial charge < -0.3 is 10.1 Å². The number of rotatable bonds is 2. The van der Waals surface area contributed by atoms with E-state index in [2.05, 4.69) is 19.2 Å². The predicted octanol–water partition coefficient (Wildman–Crippen LogP) is 3.65. The molecule has 0 amide bonds. The van der Waals surface area contributed by atoms with Crippen LogP contribution in [0.1, 0.15) is 71.6 Å². The molecule has 1 aliphatic heterocycles. The summed E-state index contributed by atoms with van der Waals surface area (Å²) in [5.41, 5.74) is 0.776. The molecule has 2 heteroatoms. The molecule has 3 rings (SSSR count). The Morgan fingerprint density at radius 3 is 2.50 bits per heavy atom. The van der Waals surface area contributed by atoms with Gasteiger partial charge in [0.15, 0.2) is 0 Å². The Hall–Kier alpha value is -0.0800. The second-order valence-electron chi connectivity index (χ2n) is 7.53. The Bertz CT molecular complexity index is 295. The molecular formula is C16H29NO. The molecular weight excluding hydrogens is 222 g/mol. The second-order valence-corrected chi connectivity index (χ2v) is 7.53. The zero-order valence-electron chi connectivity index (χ0n) is 12.1. The van der Waals surface area contributed by atoms with Crippen LogP contribution < -0.4 is 5.32 Å². The highest BCUT2D eigenvalue weighted by molar-refractivity contribution is 4.98. The van der Waals surface area contributed by atoms with Crippen LogP contribution in [0.25, 0.3) is 0 Å². The van der Waals surface area contributed by atoms with Crippen LogP contribution in [-0.4, -0.2) is 24.3 Å². The minimum atomic E-state index is 0.286. The molecule has 2 aliphatic carbocycles. The zero-order valence-corrected chi connectivity index (χ0v) is 12.1. The molecule has 18 heavy (non-hydrogen) atoms. The first-order valence-electron chi connectivity index (χ1n) is 8.00. The minimum Gasteiger partial charge on any atom is -0.375 e. The lowest BCUT2D eigenvalue weighted by molar-refractivity contribution is -0.137. The Labute approximate surface area is 112 Å². The van der Waals surface area contributed by atoms with Gasteiger partial charge in [-0.3, -0.25) is 0 Å². The molecule has 3 aliphatic rings. The summed E-state index contributed by atoms with van der Waals surface area (Å²) in [7, 11) is 0. The van der Waals surface area contributed by atoms with Crippen LogP contribution in [0.15, 0.2) is 0 Å². The Morgan fingerprint density at radius 1 is 1.00 bits per heavy atom. The maximum atomic E-state index is 6.03. The number of nitrogens with one attached hydrogen (secondary N) is 1. The number of ether oxygens (including phenoxy) is 1. The fourth-order valence-corrected chi connectivity index (χ4v) is 4.18. The van der Waals surface area contributed by atoms with Gasteiger partial charge in [-0.25, -0.2) is 0 Å². The summed E-state index contributed by atoms with van der Waals surface area (Å²) < 4.78 is 6.03. The maximum Gasteiger partial charge on any atom is 0.0697 e. The van der Waals surface area contributed by atoms with E-state index in [0.29, 0.717) is 11.5 Å². The van der Waals surface area contributed by atoms with E-state index in [0.717, 1.165) is 12.6 Å². The Balaban J connectivity index is 1.58. The van der Waals surface area contributed by atoms with Crippen LogP contribution in [0, 0.1) is 5.41 Å². The lowest BCUT2D eigenvalue weighted by Crippen LogP contribution is -2.55. The molecule has 2 atom stereocenters. The number of hydrogen-bond acceptors (Lipinski definition) is 2. The lowest BCUT2D eigenvalue weighted by atomic mass is 9.71. The van der Waals surface area contributed by atoms with Gasteiger partial charge in [-0.15, -0.1) is 0 Å². The van der Waals surface area contributed by atoms with E-state index >= 15 is 0 Å². The van der Waals surface area contributed by atoms with Crippen molar-refractivity contribution < 1.29 is 4.74 Å². The van der Waals surface area contributed by atoms with Gasteiger partial charge in [0.1, 0.15) is 0 Å². The molecule has 0 aromatic rings. The summed E-state index contributed by atoms with van der Waals surface area (Å²) in [5, 5.41) is 3.99. The van der Waals surface area contributed by atoms with Crippen molar-refractivity contribution in [1.82, 2.24) is 5.32 Å². The fourth-order valence-electron chi connectivity index (χ4n) is 4.18. The highest BCUT2D eigenvalue weighted by atomic mass is 16.5. The third-order valence-corrected chi connectivity index (χ3v) is 5.70. The molecule has 104 valence electrons. The van der Waals surface area contributed by atoms with Gasteiger partial charge in [-0.2, -0.15) is 0 Å². The van der Waals surface area contributed by atoms with Crippen LogP contribution in [0.2, 0.25) is 0 Å². The molecule has 3 fully saturated rings. The smallest absolute Gasteiger partial charge is 0.0697 e. The van der Waals surface area contributed by atoms with Crippen LogP contribution >= 0.6 is 0 Å². The van der Waals surface area contributed by atoms with Crippen molar-refractivity contribution in [1.29, 1.82) is 0 Å². The van der Waals surface area contributed by atoms with E-state index in [9.17, 15) is 0 Å². The van der Waals surface area contributed by atoms with Crippen molar-refractivity contribution in [2.75, 3.05) is 6.61 Å². The Morgan fingerprint density at radius 2 is 1.83 bits per heavy atom. The second kappa shape index (κ2) is 4.79. The van der Waals surface area contributed by atoms with Crippen molar-refractivity contribution in [2.24, 2.45) is 5.41 Å². The minimum absolute atomic E-state index is 0.286. The summed E-state index contributed by atoms with van der Waals surface area (Å²) in [5.74, 6) is 0. The van der Waals surface area contributed by atoms with Gasteiger partial charge >= 0.3 is 0 Å². The summed E-state index contributed by atoms with van der Waals surface area (Å²) in [6.45, 7) is 5.87. The van der Waals surface area contributed by atoms with Crippen LogP contribution in [-0.2, 0) is 4.74 Å². The molecule has 0 bridgehead atoms. The van der Waals surface area contributed by atoms with Crippen LogP contribution in [0.3, 0.4) is 0 Å². The summed E-state index contributed by atoms with van der Waals surface area (Å²) in [6, 6.07) is 1.44. The van der Waals surface area contributed by atoms with Crippen molar-refractivity contribution >= 4 is 0 Å². The van der Waals surface area contributed by atoms with Crippen molar-refractivity contribution in [3.8, 4) is 0 Å². The molecule has 1 saturated heterocycles. The maximum absolute atomic E-state index is 6.03. The molecule has 1 heterocycles. The average molecular weight is 251 g/mol. The first kappa shape index (κ1) is 12.9. The van der Waals surface area contributed by atoms with E-state index < -0.39 is 0 Å². The highest BCUT2D eigenvalue weighted by Crippen LogP contribution is 2.43. The van der Waals surface area contributed by atoms with Crippen molar-refractivity contribution in [3.63, 3.8) is 0 Å². The Kier molecular flexibility index (Phi) is 3.44. The van der Waals surface area contributed by atoms with E-state index in [1.807, 2.05) is 0 Å². The van der Waals surface area contributed by atoms with Gasteiger partial charge in [0.2, 0.25) is 0 Å². The van der Waals surface area contributed by atoms with Gasteiger partial charge in [0.05, 0.1) is 5.60 Å². The largest absolute Gasteiger partial charge is 0.375 e. The molecule has 1 spiro atoms. The molecule has 2 unspecified atom stereocenters. The van der Waals surface area contributed by atoms with E-state index in [-0.39, 0.29) is 5.60 Å². The number of hydrogen-bond donors (Lipinski definition) is 1. The van der Waals surface area contributed by atoms with E-state index in [1.54, 1.807) is 0 Å². The SMILES string of the molecule is CC1(C)CCCCC1NC1CCOC2(CCC2)C1. The first-order chi connectivity index (χ1) is 8.60. The molecule has 0 aromatic carbocycles. The summed E-state index contributed by atoms with van der Waals surface area (Å²) in [4.78, 5) is 0. The molecule has 0 aromatic heterocycles. The third-order valence-electron chi connectivity index (χ3n) is 5.70. The van der Waals surface area contributed by atoms with Gasteiger partial charge in [0.25, 0.3) is 0 Å². The van der Waals surface area contributed by atoms with Crippen molar-refractivity contribution in [3.05, 3.63) is 0 Å². The topological polar surface area (TPSA) is 21.3 Å². The normalized spacial score (nSPS) is 38.3. The van der Waals surface area contributed by atoms with Gasteiger partial charge in [-0.1, -0.05) is 26.7 Å². The summed E-state index contributed by atoms with van der Waals surface area (Å²) in [6.07, 6.45) is 12.1. The third kappa shape index (κ3) is 2.46. The fraction of sp³-hybridized carbons (Fsp3) is 1.00. The van der Waals surface area contributed by atoms with Gasteiger partial charge in [0, 0.05) is 18.7 Å².